The van der Waals surface area contributed by atoms with Crippen molar-refractivity contribution >= 4 is 5.95 Å². The van der Waals surface area contributed by atoms with E-state index in [1.807, 2.05) is 4.68 Å². The number of aromatic nitrogens is 3. The number of rotatable bonds is 2. The first-order valence-corrected chi connectivity index (χ1v) is 5.52. The molecule has 0 radical (unpaired) electrons. The maximum atomic E-state index is 5.84. The zero-order chi connectivity index (χ0) is 9.97. The van der Waals surface area contributed by atoms with Gasteiger partial charge in [-0.15, -0.1) is 0 Å². The van der Waals surface area contributed by atoms with Gasteiger partial charge in [-0.1, -0.05) is 26.2 Å². The molecule has 1 aromatic heterocycles. The maximum Gasteiger partial charge on any atom is 0.218 e. The molecule has 4 heteroatoms. The SMILES string of the molecule is CCc1nc(N)n(C2CCCCC2)n1. The van der Waals surface area contributed by atoms with E-state index >= 15 is 0 Å². The van der Waals surface area contributed by atoms with Gasteiger partial charge in [-0.05, 0) is 12.8 Å². The molecule has 0 aliphatic heterocycles. The van der Waals surface area contributed by atoms with Crippen molar-refractivity contribution in [2.24, 2.45) is 0 Å². The Hall–Kier alpha value is -1.06. The number of anilines is 1. The minimum atomic E-state index is 0.497. The van der Waals surface area contributed by atoms with Crippen LogP contribution in [0, 0.1) is 0 Å². The number of hydrogen-bond donors (Lipinski definition) is 1. The van der Waals surface area contributed by atoms with Gasteiger partial charge in [0.05, 0.1) is 6.04 Å². The standard InChI is InChI=1S/C10H18N4/c1-2-9-12-10(11)14(13-9)8-6-4-3-5-7-8/h8H,2-7H2,1H3,(H2,11,12,13). The van der Waals surface area contributed by atoms with Crippen LogP contribution in [-0.2, 0) is 6.42 Å². The van der Waals surface area contributed by atoms with Gasteiger partial charge < -0.3 is 5.73 Å². The Kier molecular flexibility index (Phi) is 2.70. The van der Waals surface area contributed by atoms with Crippen LogP contribution in [0.1, 0.15) is 50.9 Å². The molecule has 1 aromatic rings. The summed E-state index contributed by atoms with van der Waals surface area (Å²) in [4.78, 5) is 4.23. The number of nitrogens with zero attached hydrogens (tertiary/aromatic N) is 3. The molecule has 1 fully saturated rings. The van der Waals surface area contributed by atoms with Gasteiger partial charge in [0, 0.05) is 6.42 Å². The molecule has 0 bridgehead atoms. The fraction of sp³-hybridized carbons (Fsp3) is 0.800. The van der Waals surface area contributed by atoms with E-state index in [-0.39, 0.29) is 0 Å². The lowest BCUT2D eigenvalue weighted by Crippen LogP contribution is -2.16. The third-order valence-electron chi connectivity index (χ3n) is 2.94. The lowest BCUT2D eigenvalue weighted by Gasteiger charge is -2.21. The molecule has 0 saturated heterocycles. The van der Waals surface area contributed by atoms with Crippen LogP contribution in [-0.4, -0.2) is 14.8 Å². The zero-order valence-electron chi connectivity index (χ0n) is 8.74. The average molecular weight is 194 g/mol. The third-order valence-corrected chi connectivity index (χ3v) is 2.94. The second-order valence-electron chi connectivity index (χ2n) is 3.98. The van der Waals surface area contributed by atoms with Crippen LogP contribution in [0.5, 0.6) is 0 Å². The van der Waals surface area contributed by atoms with Crippen molar-refractivity contribution in [3.8, 4) is 0 Å². The summed E-state index contributed by atoms with van der Waals surface area (Å²) < 4.78 is 1.93. The largest absolute Gasteiger partial charge is 0.368 e. The van der Waals surface area contributed by atoms with Crippen molar-refractivity contribution in [1.82, 2.24) is 14.8 Å². The molecule has 2 N–H and O–H groups in total. The van der Waals surface area contributed by atoms with E-state index in [1.54, 1.807) is 0 Å². The molecule has 1 saturated carbocycles. The summed E-state index contributed by atoms with van der Waals surface area (Å²) in [7, 11) is 0. The van der Waals surface area contributed by atoms with E-state index in [1.165, 1.54) is 32.1 Å². The number of aryl methyl sites for hydroxylation is 1. The Morgan fingerprint density at radius 2 is 2.07 bits per heavy atom. The van der Waals surface area contributed by atoms with Crippen molar-refractivity contribution < 1.29 is 0 Å². The van der Waals surface area contributed by atoms with Gasteiger partial charge in [0.2, 0.25) is 5.95 Å². The summed E-state index contributed by atoms with van der Waals surface area (Å²) in [6, 6.07) is 0.497. The van der Waals surface area contributed by atoms with Crippen LogP contribution in [0.25, 0.3) is 0 Å². The Morgan fingerprint density at radius 3 is 2.64 bits per heavy atom. The second kappa shape index (κ2) is 3.98. The molecular formula is C10H18N4. The molecule has 2 rings (SSSR count). The van der Waals surface area contributed by atoms with Crippen molar-refractivity contribution in [3.63, 3.8) is 0 Å². The molecule has 1 aliphatic rings. The fourth-order valence-corrected chi connectivity index (χ4v) is 2.13. The fourth-order valence-electron chi connectivity index (χ4n) is 2.13. The van der Waals surface area contributed by atoms with E-state index in [9.17, 15) is 0 Å². The van der Waals surface area contributed by atoms with E-state index in [0.717, 1.165) is 12.2 Å². The average Bonchev–Trinajstić information content (AvgIpc) is 2.61. The summed E-state index contributed by atoms with van der Waals surface area (Å²) in [5.74, 6) is 1.46. The van der Waals surface area contributed by atoms with Gasteiger partial charge in [0.1, 0.15) is 0 Å². The highest BCUT2D eigenvalue weighted by atomic mass is 15.4. The van der Waals surface area contributed by atoms with Crippen LogP contribution in [0.15, 0.2) is 0 Å². The minimum absolute atomic E-state index is 0.497. The first-order valence-electron chi connectivity index (χ1n) is 5.52. The van der Waals surface area contributed by atoms with Crippen molar-refractivity contribution in [3.05, 3.63) is 5.82 Å². The quantitative estimate of drug-likeness (QED) is 0.782. The zero-order valence-corrected chi connectivity index (χ0v) is 8.74. The van der Waals surface area contributed by atoms with E-state index in [2.05, 4.69) is 17.0 Å². The molecule has 14 heavy (non-hydrogen) atoms. The smallest absolute Gasteiger partial charge is 0.218 e. The highest BCUT2D eigenvalue weighted by Crippen LogP contribution is 2.28. The lowest BCUT2D eigenvalue weighted by atomic mass is 9.96. The minimum Gasteiger partial charge on any atom is -0.368 e. The molecule has 4 nitrogen and oxygen atoms in total. The summed E-state index contributed by atoms with van der Waals surface area (Å²) >= 11 is 0. The Bertz CT molecular complexity index is 299. The summed E-state index contributed by atoms with van der Waals surface area (Å²) in [5, 5.41) is 4.43. The summed E-state index contributed by atoms with van der Waals surface area (Å²) in [6.45, 7) is 2.06. The van der Waals surface area contributed by atoms with Crippen molar-refractivity contribution in [2.75, 3.05) is 5.73 Å². The van der Waals surface area contributed by atoms with Gasteiger partial charge >= 0.3 is 0 Å². The highest BCUT2D eigenvalue weighted by Gasteiger charge is 2.19. The van der Waals surface area contributed by atoms with Gasteiger partial charge in [-0.2, -0.15) is 10.1 Å². The molecule has 0 unspecified atom stereocenters. The van der Waals surface area contributed by atoms with Gasteiger partial charge in [0.15, 0.2) is 5.82 Å². The summed E-state index contributed by atoms with van der Waals surface area (Å²) in [6.07, 6.45) is 7.22. The van der Waals surface area contributed by atoms with Crippen LogP contribution < -0.4 is 5.73 Å². The molecule has 0 atom stereocenters. The first-order chi connectivity index (χ1) is 6.81. The van der Waals surface area contributed by atoms with Crippen LogP contribution in [0.3, 0.4) is 0 Å². The normalized spacial score (nSPS) is 18.6. The molecule has 78 valence electrons. The Balaban J connectivity index is 2.17. The second-order valence-corrected chi connectivity index (χ2v) is 3.98. The van der Waals surface area contributed by atoms with E-state index < -0.39 is 0 Å². The molecule has 1 aliphatic carbocycles. The van der Waals surface area contributed by atoms with Crippen molar-refractivity contribution in [2.45, 2.75) is 51.5 Å². The first kappa shape index (κ1) is 9.49. The number of nitrogens with two attached hydrogens (primary N) is 1. The Morgan fingerprint density at radius 1 is 1.36 bits per heavy atom. The van der Waals surface area contributed by atoms with Crippen LogP contribution in [0.4, 0.5) is 5.95 Å². The number of nitrogen functional groups attached to an aromatic ring is 1. The van der Waals surface area contributed by atoms with Gasteiger partial charge in [0.25, 0.3) is 0 Å². The topological polar surface area (TPSA) is 56.7 Å². The molecular weight excluding hydrogens is 176 g/mol. The Labute approximate surface area is 84.5 Å². The predicted molar refractivity (Wildman–Crippen MR) is 55.9 cm³/mol. The van der Waals surface area contributed by atoms with Crippen LogP contribution >= 0.6 is 0 Å². The van der Waals surface area contributed by atoms with Crippen molar-refractivity contribution in [1.29, 1.82) is 0 Å². The monoisotopic (exact) mass is 194 g/mol. The van der Waals surface area contributed by atoms with Gasteiger partial charge in [-0.25, -0.2) is 4.68 Å². The van der Waals surface area contributed by atoms with E-state index in [4.69, 9.17) is 5.73 Å². The molecule has 0 amide bonds. The van der Waals surface area contributed by atoms with Gasteiger partial charge in [-0.3, -0.25) is 0 Å². The molecule has 0 aromatic carbocycles. The number of hydrogen-bond acceptors (Lipinski definition) is 3. The lowest BCUT2D eigenvalue weighted by molar-refractivity contribution is 0.331. The van der Waals surface area contributed by atoms with E-state index in [0.29, 0.717) is 12.0 Å². The highest BCUT2D eigenvalue weighted by molar-refractivity contribution is 5.17. The maximum absolute atomic E-state index is 5.84. The summed E-state index contributed by atoms with van der Waals surface area (Å²) in [5.41, 5.74) is 5.84. The predicted octanol–water partition coefficient (Wildman–Crippen LogP) is 1.93. The molecule has 0 spiro atoms. The molecule has 1 heterocycles. The van der Waals surface area contributed by atoms with Crippen LogP contribution in [0.2, 0.25) is 0 Å². The third kappa shape index (κ3) is 1.74.